The van der Waals surface area contributed by atoms with E-state index in [-0.39, 0.29) is 28.4 Å². The topological polar surface area (TPSA) is 105 Å². The molecule has 0 radical (unpaired) electrons. The van der Waals surface area contributed by atoms with Crippen molar-refractivity contribution in [2.75, 3.05) is 26.2 Å². The van der Waals surface area contributed by atoms with Gasteiger partial charge in [0.2, 0.25) is 10.0 Å². The third-order valence-electron chi connectivity index (χ3n) is 5.41. The number of nitrogens with zero attached hydrogens (tertiary/aromatic N) is 3. The maximum atomic E-state index is 12.7. The summed E-state index contributed by atoms with van der Waals surface area (Å²) in [4.78, 5) is 26.9. The molecule has 164 valence electrons. The van der Waals surface area contributed by atoms with Crippen molar-refractivity contribution in [3.8, 4) is 0 Å². The fourth-order valence-corrected chi connectivity index (χ4v) is 5.19. The van der Waals surface area contributed by atoms with Gasteiger partial charge in [0.25, 0.3) is 11.8 Å². The van der Waals surface area contributed by atoms with E-state index in [9.17, 15) is 18.0 Å². The summed E-state index contributed by atoms with van der Waals surface area (Å²) < 4.78 is 33.5. The van der Waals surface area contributed by atoms with Gasteiger partial charge in [-0.05, 0) is 31.0 Å². The van der Waals surface area contributed by atoms with E-state index in [1.165, 1.54) is 27.4 Å². The number of piperidine rings is 1. The van der Waals surface area contributed by atoms with Crippen LogP contribution in [0.15, 0.2) is 40.0 Å². The molecule has 0 unspecified atom stereocenters. The average molecular weight is 437 g/mol. The second kappa shape index (κ2) is 9.05. The summed E-state index contributed by atoms with van der Waals surface area (Å²) in [6.07, 6.45) is 4.17. The number of carbonyl (C=O) groups is 2. The zero-order valence-electron chi connectivity index (χ0n) is 17.5. The highest BCUT2D eigenvalue weighted by atomic mass is 32.2. The van der Waals surface area contributed by atoms with Gasteiger partial charge in [0.05, 0.1) is 6.26 Å². The molecule has 9 nitrogen and oxygen atoms in total. The molecule has 3 heterocycles. The number of rotatable bonds is 7. The summed E-state index contributed by atoms with van der Waals surface area (Å²) in [6, 6.07) is 4.64. The number of carbonyl (C=O) groups excluding carboxylic acids is 2. The molecule has 0 spiro atoms. The van der Waals surface area contributed by atoms with Gasteiger partial charge >= 0.3 is 0 Å². The van der Waals surface area contributed by atoms with Gasteiger partial charge in [-0.2, -0.15) is 4.31 Å². The maximum Gasteiger partial charge on any atom is 0.289 e. The van der Waals surface area contributed by atoms with E-state index >= 15 is 0 Å². The summed E-state index contributed by atoms with van der Waals surface area (Å²) in [7, 11) is -1.97. The highest BCUT2D eigenvalue weighted by Gasteiger charge is 2.28. The Kier molecular flexibility index (Phi) is 6.67. The number of furan rings is 1. The summed E-state index contributed by atoms with van der Waals surface area (Å²) in [5.41, 5.74) is 0.287. The van der Waals surface area contributed by atoms with E-state index in [0.717, 1.165) is 0 Å². The van der Waals surface area contributed by atoms with Crippen LogP contribution >= 0.6 is 0 Å². The minimum absolute atomic E-state index is 0.0871. The monoisotopic (exact) mass is 436 g/mol. The number of hydrogen-bond donors (Lipinski definition) is 1. The molecule has 1 saturated heterocycles. The van der Waals surface area contributed by atoms with Crippen LogP contribution in [0.1, 0.15) is 47.7 Å². The lowest BCUT2D eigenvalue weighted by atomic mass is 10.0. The van der Waals surface area contributed by atoms with Crippen molar-refractivity contribution < 1.29 is 22.4 Å². The Hall–Kier alpha value is -2.59. The molecule has 10 heteroatoms. The Bertz CT molecular complexity index is 985. The van der Waals surface area contributed by atoms with Crippen LogP contribution in [0.25, 0.3) is 0 Å². The highest BCUT2D eigenvalue weighted by Crippen LogP contribution is 2.19. The van der Waals surface area contributed by atoms with Crippen LogP contribution in [0.3, 0.4) is 0 Å². The first-order valence-electron chi connectivity index (χ1n) is 10.1. The van der Waals surface area contributed by atoms with E-state index in [1.54, 1.807) is 37.9 Å². The summed E-state index contributed by atoms with van der Waals surface area (Å²) in [5, 5.41) is 2.96. The predicted molar refractivity (Wildman–Crippen MR) is 111 cm³/mol. The van der Waals surface area contributed by atoms with Crippen LogP contribution in [0, 0.1) is 0 Å². The molecule has 1 aliphatic heterocycles. The van der Waals surface area contributed by atoms with E-state index < -0.39 is 10.0 Å². The molecule has 0 aromatic carbocycles. The molecule has 1 N–H and O–H groups in total. The van der Waals surface area contributed by atoms with Gasteiger partial charge in [-0.15, -0.1) is 0 Å². The van der Waals surface area contributed by atoms with Crippen LogP contribution in [-0.2, 0) is 17.1 Å². The molecule has 2 aromatic heterocycles. The number of nitrogens with one attached hydrogen (secondary N) is 1. The highest BCUT2D eigenvalue weighted by molar-refractivity contribution is 7.89. The molecule has 2 aromatic rings. The number of likely N-dealkylation sites (tertiary alicyclic amines) is 1. The molecule has 0 aliphatic carbocycles. The van der Waals surface area contributed by atoms with Crippen molar-refractivity contribution >= 4 is 21.8 Å². The van der Waals surface area contributed by atoms with Crippen molar-refractivity contribution in [2.24, 2.45) is 7.05 Å². The number of amides is 2. The molecule has 0 bridgehead atoms. The van der Waals surface area contributed by atoms with E-state index in [4.69, 9.17) is 4.42 Å². The van der Waals surface area contributed by atoms with Crippen LogP contribution in [0.2, 0.25) is 0 Å². The number of hydrogen-bond acceptors (Lipinski definition) is 5. The zero-order chi connectivity index (χ0) is 21.9. The molecule has 0 atom stereocenters. The van der Waals surface area contributed by atoms with Gasteiger partial charge in [0.15, 0.2) is 5.76 Å². The molecule has 2 amide bonds. The first-order valence-corrected chi connectivity index (χ1v) is 11.5. The lowest BCUT2D eigenvalue weighted by Crippen LogP contribution is -2.46. The standard InChI is InChI=1S/C20H28N4O5S/c1-4-24(5-2)30(27,28)16-13-17(22(3)14-16)19(25)21-15-8-10-23(11-9-15)20(26)18-7-6-12-29-18/h6-7,12-15H,4-5,8-11H2,1-3H3,(H,21,25). The Balaban J connectivity index is 1.62. The molecular formula is C20H28N4O5S. The van der Waals surface area contributed by atoms with E-state index in [2.05, 4.69) is 5.32 Å². The fraction of sp³-hybridized carbons (Fsp3) is 0.500. The molecule has 30 heavy (non-hydrogen) atoms. The summed E-state index contributed by atoms with van der Waals surface area (Å²) in [5.74, 6) is -0.170. The fourth-order valence-electron chi connectivity index (χ4n) is 3.66. The quantitative estimate of drug-likeness (QED) is 0.711. The van der Waals surface area contributed by atoms with Gasteiger partial charge < -0.3 is 19.2 Å². The van der Waals surface area contributed by atoms with Crippen LogP contribution in [0.5, 0.6) is 0 Å². The zero-order valence-corrected chi connectivity index (χ0v) is 18.3. The minimum atomic E-state index is -3.63. The smallest absolute Gasteiger partial charge is 0.289 e. The number of aromatic nitrogens is 1. The Labute approximate surface area is 176 Å². The molecule has 1 aliphatic rings. The van der Waals surface area contributed by atoms with E-state index in [1.807, 2.05) is 0 Å². The molecule has 0 saturated carbocycles. The van der Waals surface area contributed by atoms with Crippen LogP contribution in [0.4, 0.5) is 0 Å². The molecular weight excluding hydrogens is 408 g/mol. The molecule has 3 rings (SSSR count). The normalized spacial score (nSPS) is 15.5. The first-order chi connectivity index (χ1) is 14.3. The largest absolute Gasteiger partial charge is 0.459 e. The van der Waals surface area contributed by atoms with Crippen molar-refractivity contribution in [3.63, 3.8) is 0 Å². The predicted octanol–water partition coefficient (Wildman–Crippen LogP) is 1.68. The van der Waals surface area contributed by atoms with Crippen molar-refractivity contribution in [1.82, 2.24) is 19.1 Å². The lowest BCUT2D eigenvalue weighted by Gasteiger charge is -2.31. The third kappa shape index (κ3) is 4.44. The van der Waals surface area contributed by atoms with Crippen molar-refractivity contribution in [1.29, 1.82) is 0 Å². The summed E-state index contributed by atoms with van der Waals surface area (Å²) in [6.45, 7) is 5.31. The minimum Gasteiger partial charge on any atom is -0.459 e. The van der Waals surface area contributed by atoms with Gasteiger partial charge in [-0.25, -0.2) is 8.42 Å². The second-order valence-electron chi connectivity index (χ2n) is 7.28. The lowest BCUT2D eigenvalue weighted by molar-refractivity contribution is 0.0667. The summed E-state index contributed by atoms with van der Waals surface area (Å²) >= 11 is 0. The van der Waals surface area contributed by atoms with Gasteiger partial charge in [-0.1, -0.05) is 13.8 Å². The Morgan fingerprint density at radius 1 is 1.23 bits per heavy atom. The first kappa shape index (κ1) is 22.1. The van der Waals surface area contributed by atoms with Gasteiger partial charge in [0.1, 0.15) is 10.6 Å². The Morgan fingerprint density at radius 3 is 2.47 bits per heavy atom. The van der Waals surface area contributed by atoms with Gasteiger partial charge in [0, 0.05) is 45.5 Å². The third-order valence-corrected chi connectivity index (χ3v) is 7.42. The number of aryl methyl sites for hydroxylation is 1. The maximum absolute atomic E-state index is 12.7. The van der Waals surface area contributed by atoms with Gasteiger partial charge in [-0.3, -0.25) is 9.59 Å². The number of sulfonamides is 1. The van der Waals surface area contributed by atoms with Crippen molar-refractivity contribution in [2.45, 2.75) is 37.6 Å². The average Bonchev–Trinajstić information content (AvgIpc) is 3.39. The van der Waals surface area contributed by atoms with E-state index in [0.29, 0.717) is 44.8 Å². The SMILES string of the molecule is CCN(CC)S(=O)(=O)c1cc(C(=O)NC2CCN(C(=O)c3ccco3)CC2)n(C)c1. The van der Waals surface area contributed by atoms with Crippen LogP contribution in [-0.4, -0.2) is 66.2 Å². The van der Waals surface area contributed by atoms with Crippen LogP contribution < -0.4 is 5.32 Å². The Morgan fingerprint density at radius 2 is 1.90 bits per heavy atom. The second-order valence-corrected chi connectivity index (χ2v) is 9.22. The van der Waals surface area contributed by atoms with Crippen molar-refractivity contribution in [3.05, 3.63) is 42.1 Å². The molecule has 1 fully saturated rings.